The molecule has 51 heavy (non-hydrogen) atoms. The van der Waals surface area contributed by atoms with E-state index in [2.05, 4.69) is 27.0 Å². The number of nitrogens with two attached hydrogens (primary N) is 1. The Morgan fingerprint density at radius 1 is 0.765 bits per heavy atom. The Morgan fingerprint density at radius 3 is 2.35 bits per heavy atom. The van der Waals surface area contributed by atoms with Gasteiger partial charge in [0, 0.05) is 45.1 Å². The number of carbonyl (C=O) groups excluding carboxylic acids is 1. The van der Waals surface area contributed by atoms with E-state index in [0.717, 1.165) is 56.1 Å². The maximum Gasteiger partial charge on any atom is 0.172 e. The minimum Gasteiger partial charge on any atom is -0.392 e. The van der Waals surface area contributed by atoms with Crippen LogP contribution in [0, 0.1) is 17.8 Å². The number of hydrogen-bond donors (Lipinski definition) is 2. The molecule has 0 saturated carbocycles. The summed E-state index contributed by atoms with van der Waals surface area (Å²) in [5, 5.41) is 10.5. The van der Waals surface area contributed by atoms with Gasteiger partial charge < -0.3 is 48.7 Å². The van der Waals surface area contributed by atoms with Crippen molar-refractivity contribution in [2.75, 3.05) is 6.54 Å². The van der Waals surface area contributed by atoms with Crippen LogP contribution in [-0.2, 0) is 42.7 Å². The molecule has 0 aromatic rings. The summed E-state index contributed by atoms with van der Waals surface area (Å²) < 4.78 is 54.0. The summed E-state index contributed by atoms with van der Waals surface area (Å²) in [5.74, 6) is -0.222. The van der Waals surface area contributed by atoms with Crippen LogP contribution in [0.2, 0.25) is 0 Å². The van der Waals surface area contributed by atoms with Crippen molar-refractivity contribution in [3.63, 3.8) is 0 Å². The van der Waals surface area contributed by atoms with Crippen molar-refractivity contribution in [3.05, 3.63) is 24.3 Å². The zero-order valence-corrected chi connectivity index (χ0v) is 30.4. The Balaban J connectivity index is 0.986. The molecule has 10 heterocycles. The van der Waals surface area contributed by atoms with E-state index in [1.165, 1.54) is 0 Å². The first-order valence-electron chi connectivity index (χ1n) is 20.1. The first kappa shape index (κ1) is 35.5. The largest absolute Gasteiger partial charge is 0.392 e. The minimum absolute atomic E-state index is 0.00127. The van der Waals surface area contributed by atoms with Gasteiger partial charge in [-0.1, -0.05) is 27.0 Å². The summed E-state index contributed by atoms with van der Waals surface area (Å²) in [6, 6.07) is 0. The summed E-state index contributed by atoms with van der Waals surface area (Å²) >= 11 is 0. The summed E-state index contributed by atoms with van der Waals surface area (Å²) in [4.78, 5) is 14.0. The zero-order valence-electron chi connectivity index (χ0n) is 30.4. The SMILES string of the molecule is C=C1C2C[C@@H]3O[C@H](C[C@H](O)CN)[C@H](C)C3CC(=O)C[C@H]3CC[C@@H]4O[C@H]5C6O[C@]7(CC[C@H]8CC(=C)[C@H](CC[C@@H](C[C@H]1C)O2)O8)C[C@H]6O[C@H]5[C@@H](O7)[C@H]4O3. The van der Waals surface area contributed by atoms with E-state index in [1.54, 1.807) is 0 Å². The van der Waals surface area contributed by atoms with E-state index >= 15 is 0 Å². The molecule has 3 N–H and O–H groups in total. The van der Waals surface area contributed by atoms with Gasteiger partial charge in [0.1, 0.15) is 36.3 Å². The number of aliphatic hydroxyl groups excluding tert-OH is 1. The van der Waals surface area contributed by atoms with Crippen LogP contribution in [-0.4, -0.2) is 115 Å². The third-order valence-corrected chi connectivity index (χ3v) is 14.2. The van der Waals surface area contributed by atoms with E-state index in [-0.39, 0.29) is 110 Å². The predicted octanol–water partition coefficient (Wildman–Crippen LogP) is 4.06. The monoisotopic (exact) mass is 713 g/mol. The molecule has 0 aromatic heterocycles. The molecular formula is C40H59NO10. The molecule has 10 aliphatic rings. The van der Waals surface area contributed by atoms with Crippen LogP contribution in [0.3, 0.4) is 0 Å². The fourth-order valence-corrected chi connectivity index (χ4v) is 11.3. The van der Waals surface area contributed by atoms with Gasteiger partial charge >= 0.3 is 0 Å². The molecular weight excluding hydrogens is 654 g/mol. The molecule has 3 unspecified atom stereocenters. The third-order valence-electron chi connectivity index (χ3n) is 14.2. The lowest BCUT2D eigenvalue weighted by Gasteiger charge is -2.47. The molecule has 0 aromatic carbocycles. The maximum atomic E-state index is 14.0. The molecule has 10 rings (SSSR count). The predicted molar refractivity (Wildman–Crippen MR) is 185 cm³/mol. The van der Waals surface area contributed by atoms with Gasteiger partial charge in [0.25, 0.3) is 0 Å². The molecule has 0 radical (unpaired) electrons. The highest BCUT2D eigenvalue weighted by Gasteiger charge is 2.68. The van der Waals surface area contributed by atoms with Crippen molar-refractivity contribution in [1.29, 1.82) is 0 Å². The van der Waals surface area contributed by atoms with Gasteiger partial charge in [-0.15, -0.1) is 0 Å². The standard InChI is InChI=1S/C40H59NO10/c1-19-11-25-5-7-29-20(2)12-27(44-29)9-10-40-17-34-36(50-40)37-38(49-34)39(51-40)35-30(48-37)8-6-26(46-35)13-23(42)14-28-22(4)31(15-24(43)18-41)47-33(28)16-32(45-25)21(19)3/h19,22,24-39,43H,2-3,5-18,41H2,1,4H3/t19-,22-,24+,25+,26-,27+,28?,29+,30+,31-,32?,33+,34-,35+,36?,37+,38-,39+,40+/m1/s1. The molecule has 0 aliphatic carbocycles. The van der Waals surface area contributed by atoms with E-state index in [4.69, 9.17) is 43.6 Å². The van der Waals surface area contributed by atoms with Crippen LogP contribution >= 0.6 is 0 Å². The summed E-state index contributed by atoms with van der Waals surface area (Å²) in [7, 11) is 0. The molecule has 11 heteroatoms. The highest BCUT2D eigenvalue weighted by atomic mass is 16.8. The highest BCUT2D eigenvalue weighted by Crippen LogP contribution is 2.54. The van der Waals surface area contributed by atoms with Crippen LogP contribution in [0.4, 0.5) is 0 Å². The molecule has 10 saturated heterocycles. The van der Waals surface area contributed by atoms with Crippen molar-refractivity contribution in [2.24, 2.45) is 23.5 Å². The first-order valence-corrected chi connectivity index (χ1v) is 20.1. The van der Waals surface area contributed by atoms with Crippen molar-refractivity contribution in [2.45, 2.75) is 195 Å². The van der Waals surface area contributed by atoms with E-state index in [9.17, 15) is 9.90 Å². The van der Waals surface area contributed by atoms with Gasteiger partial charge in [0.05, 0.1) is 61.0 Å². The normalized spacial score (nSPS) is 53.2. The van der Waals surface area contributed by atoms with Gasteiger partial charge in [-0.25, -0.2) is 0 Å². The molecule has 10 aliphatic heterocycles. The lowest BCUT2D eigenvalue weighted by atomic mass is 9.78. The van der Waals surface area contributed by atoms with Gasteiger partial charge in [-0.2, -0.15) is 0 Å². The number of ether oxygens (including phenoxy) is 8. The Kier molecular flexibility index (Phi) is 9.59. The number of fused-ring (bicyclic) bond motifs is 6. The van der Waals surface area contributed by atoms with Gasteiger partial charge in [0.2, 0.25) is 0 Å². The van der Waals surface area contributed by atoms with Crippen LogP contribution < -0.4 is 5.73 Å². The second-order valence-corrected chi connectivity index (χ2v) is 17.6. The summed E-state index contributed by atoms with van der Waals surface area (Å²) in [6.07, 6.45) is 6.43. The quantitative estimate of drug-likeness (QED) is 0.410. The second-order valence-electron chi connectivity index (χ2n) is 17.6. The highest BCUT2D eigenvalue weighted by molar-refractivity contribution is 5.79. The number of ketones is 1. The number of rotatable bonds is 3. The molecule has 1 spiro atoms. The Morgan fingerprint density at radius 2 is 1.51 bits per heavy atom. The lowest BCUT2D eigenvalue weighted by molar-refractivity contribution is -0.292. The van der Waals surface area contributed by atoms with Gasteiger partial charge in [-0.3, -0.25) is 4.79 Å². The number of carbonyl (C=O) groups is 1. The topological polar surface area (TPSA) is 137 Å². The van der Waals surface area contributed by atoms with Crippen molar-refractivity contribution in [1.82, 2.24) is 0 Å². The van der Waals surface area contributed by atoms with Crippen LogP contribution in [0.15, 0.2) is 24.3 Å². The van der Waals surface area contributed by atoms with Crippen LogP contribution in [0.5, 0.6) is 0 Å². The van der Waals surface area contributed by atoms with E-state index in [1.807, 2.05) is 0 Å². The fourth-order valence-electron chi connectivity index (χ4n) is 11.3. The average molecular weight is 714 g/mol. The molecule has 284 valence electrons. The Hall–Kier alpha value is -1.25. The zero-order chi connectivity index (χ0) is 35.2. The summed E-state index contributed by atoms with van der Waals surface area (Å²) in [6.45, 7) is 13.5. The summed E-state index contributed by atoms with van der Waals surface area (Å²) in [5.41, 5.74) is 8.06. The van der Waals surface area contributed by atoms with Crippen LogP contribution in [0.1, 0.15) is 97.3 Å². The Labute approximate surface area is 302 Å². The van der Waals surface area contributed by atoms with E-state index < -0.39 is 11.9 Å². The molecule has 0 amide bonds. The van der Waals surface area contributed by atoms with E-state index in [0.29, 0.717) is 44.4 Å². The maximum absolute atomic E-state index is 14.0. The van der Waals surface area contributed by atoms with Gasteiger partial charge in [-0.05, 0) is 73.8 Å². The number of hydrogen-bond acceptors (Lipinski definition) is 11. The molecule has 19 atom stereocenters. The molecule has 10 fully saturated rings. The van der Waals surface area contributed by atoms with Gasteiger partial charge in [0.15, 0.2) is 5.79 Å². The fraction of sp³-hybridized carbons (Fsp3) is 0.875. The number of Topliss-reactive ketones (excluding diaryl/α,β-unsaturated/α-hetero) is 1. The minimum atomic E-state index is -0.765. The average Bonchev–Trinajstić information content (AvgIpc) is 3.77. The van der Waals surface area contributed by atoms with Crippen molar-refractivity contribution >= 4 is 5.78 Å². The molecule has 11 nitrogen and oxygen atoms in total. The third kappa shape index (κ3) is 6.53. The lowest BCUT2D eigenvalue weighted by Crippen LogP contribution is -2.61. The molecule has 12 bridgehead atoms. The Bertz CT molecular complexity index is 1360. The first-order chi connectivity index (χ1) is 24.6. The van der Waals surface area contributed by atoms with Crippen molar-refractivity contribution in [3.8, 4) is 0 Å². The van der Waals surface area contributed by atoms with Crippen LogP contribution in [0.25, 0.3) is 0 Å². The second kappa shape index (κ2) is 13.8. The smallest absolute Gasteiger partial charge is 0.172 e. The van der Waals surface area contributed by atoms with Crippen molar-refractivity contribution < 1.29 is 47.8 Å². The number of aliphatic hydroxyl groups is 1.